The number of rotatable bonds is 8. The third-order valence-corrected chi connectivity index (χ3v) is 4.40. The third-order valence-electron chi connectivity index (χ3n) is 4.40. The van der Waals surface area contributed by atoms with E-state index < -0.39 is 0 Å². The lowest BCUT2D eigenvalue weighted by Crippen LogP contribution is -2.37. The molecule has 0 aliphatic carbocycles. The molecule has 0 radical (unpaired) electrons. The van der Waals surface area contributed by atoms with Crippen LogP contribution in [0.5, 0.6) is 0 Å². The van der Waals surface area contributed by atoms with E-state index in [-0.39, 0.29) is 10.6 Å². The van der Waals surface area contributed by atoms with E-state index in [0.29, 0.717) is 37.7 Å². The SMILES string of the molecule is CCNC(=NCc1ccccc1Cn1cccn1)NCc1ccccc1[N+](=O)[O-]. The Hall–Kier alpha value is -3.68. The number of hydrogen-bond donors (Lipinski definition) is 2. The van der Waals surface area contributed by atoms with E-state index >= 15 is 0 Å². The summed E-state index contributed by atoms with van der Waals surface area (Å²) in [5.41, 5.74) is 2.96. The van der Waals surface area contributed by atoms with Gasteiger partial charge in [0, 0.05) is 37.1 Å². The summed E-state index contributed by atoms with van der Waals surface area (Å²) < 4.78 is 1.88. The first-order valence-electron chi connectivity index (χ1n) is 9.46. The molecule has 0 aliphatic rings. The lowest BCUT2D eigenvalue weighted by Gasteiger charge is -2.13. The Labute approximate surface area is 169 Å². The highest BCUT2D eigenvalue weighted by Crippen LogP contribution is 2.17. The molecule has 0 atom stereocenters. The molecule has 0 unspecified atom stereocenters. The Morgan fingerprint density at radius 3 is 2.48 bits per heavy atom. The van der Waals surface area contributed by atoms with E-state index in [9.17, 15) is 10.1 Å². The number of para-hydroxylation sites is 1. The van der Waals surface area contributed by atoms with Crippen molar-refractivity contribution in [1.29, 1.82) is 0 Å². The van der Waals surface area contributed by atoms with Crippen LogP contribution in [0.15, 0.2) is 72.0 Å². The average Bonchev–Trinajstić information content (AvgIpc) is 3.24. The summed E-state index contributed by atoms with van der Waals surface area (Å²) in [6.45, 7) is 4.16. The van der Waals surface area contributed by atoms with Gasteiger partial charge in [-0.05, 0) is 24.1 Å². The molecule has 150 valence electrons. The van der Waals surface area contributed by atoms with Gasteiger partial charge in [0.2, 0.25) is 0 Å². The van der Waals surface area contributed by atoms with Crippen molar-refractivity contribution in [2.45, 2.75) is 26.6 Å². The summed E-state index contributed by atoms with van der Waals surface area (Å²) in [6.07, 6.45) is 3.69. The molecule has 1 aromatic heterocycles. The first kappa shape index (κ1) is 20.1. The molecule has 3 rings (SSSR count). The second kappa shape index (κ2) is 10.0. The second-order valence-corrected chi connectivity index (χ2v) is 6.41. The molecule has 0 saturated carbocycles. The minimum Gasteiger partial charge on any atom is -0.357 e. The number of nitrogens with zero attached hydrogens (tertiary/aromatic N) is 4. The van der Waals surface area contributed by atoms with Crippen LogP contribution >= 0.6 is 0 Å². The Kier molecular flexibility index (Phi) is 6.94. The first-order chi connectivity index (χ1) is 14.2. The Morgan fingerprint density at radius 2 is 1.79 bits per heavy atom. The number of aliphatic imine (C=N–C) groups is 1. The fraction of sp³-hybridized carbons (Fsp3) is 0.238. The predicted octanol–water partition coefficient (Wildman–Crippen LogP) is 3.09. The highest BCUT2D eigenvalue weighted by molar-refractivity contribution is 5.79. The fourth-order valence-corrected chi connectivity index (χ4v) is 2.96. The van der Waals surface area contributed by atoms with E-state index in [0.717, 1.165) is 11.1 Å². The highest BCUT2D eigenvalue weighted by Gasteiger charge is 2.12. The van der Waals surface area contributed by atoms with Crippen LogP contribution < -0.4 is 10.6 Å². The van der Waals surface area contributed by atoms with Crippen LogP contribution in [-0.2, 0) is 19.6 Å². The van der Waals surface area contributed by atoms with Crippen LogP contribution in [0.4, 0.5) is 5.69 Å². The van der Waals surface area contributed by atoms with Crippen LogP contribution in [0.1, 0.15) is 23.6 Å². The molecule has 29 heavy (non-hydrogen) atoms. The molecule has 2 N–H and O–H groups in total. The number of benzene rings is 2. The van der Waals surface area contributed by atoms with Gasteiger partial charge >= 0.3 is 0 Å². The zero-order chi connectivity index (χ0) is 20.5. The van der Waals surface area contributed by atoms with Crippen molar-refractivity contribution >= 4 is 11.6 Å². The van der Waals surface area contributed by atoms with Crippen molar-refractivity contribution in [3.63, 3.8) is 0 Å². The zero-order valence-electron chi connectivity index (χ0n) is 16.3. The average molecular weight is 392 g/mol. The van der Waals surface area contributed by atoms with E-state index in [1.165, 1.54) is 6.07 Å². The number of hydrogen-bond acceptors (Lipinski definition) is 4. The Morgan fingerprint density at radius 1 is 1.07 bits per heavy atom. The zero-order valence-corrected chi connectivity index (χ0v) is 16.3. The Balaban J connectivity index is 1.71. The smallest absolute Gasteiger partial charge is 0.274 e. The molecular formula is C21H24N6O2. The maximum absolute atomic E-state index is 11.2. The topological polar surface area (TPSA) is 97.4 Å². The number of nitro benzene ring substituents is 1. The second-order valence-electron chi connectivity index (χ2n) is 6.41. The van der Waals surface area contributed by atoms with Gasteiger partial charge in [-0.3, -0.25) is 14.8 Å². The molecule has 0 spiro atoms. The maximum atomic E-state index is 11.2. The summed E-state index contributed by atoms with van der Waals surface area (Å²) in [4.78, 5) is 15.5. The molecular weight excluding hydrogens is 368 g/mol. The third kappa shape index (κ3) is 5.65. The molecule has 0 bridgehead atoms. The van der Waals surface area contributed by atoms with Crippen molar-refractivity contribution in [3.8, 4) is 0 Å². The minimum absolute atomic E-state index is 0.0976. The number of aromatic nitrogens is 2. The van der Waals surface area contributed by atoms with Gasteiger partial charge in [0.05, 0.1) is 18.0 Å². The van der Waals surface area contributed by atoms with Gasteiger partial charge in [0.15, 0.2) is 5.96 Å². The molecule has 0 amide bonds. The van der Waals surface area contributed by atoms with Crippen molar-refractivity contribution in [2.24, 2.45) is 4.99 Å². The number of nitro groups is 1. The monoisotopic (exact) mass is 392 g/mol. The Bertz CT molecular complexity index is 969. The van der Waals surface area contributed by atoms with E-state index in [4.69, 9.17) is 0 Å². The van der Waals surface area contributed by atoms with Gasteiger partial charge in [-0.2, -0.15) is 5.10 Å². The van der Waals surface area contributed by atoms with Crippen molar-refractivity contribution in [2.75, 3.05) is 6.54 Å². The van der Waals surface area contributed by atoms with E-state index in [2.05, 4.69) is 26.8 Å². The molecule has 2 aromatic carbocycles. The predicted molar refractivity (Wildman–Crippen MR) is 113 cm³/mol. The van der Waals surface area contributed by atoms with Gasteiger partial charge < -0.3 is 10.6 Å². The summed E-state index contributed by atoms with van der Waals surface area (Å²) >= 11 is 0. The van der Waals surface area contributed by atoms with Gasteiger partial charge in [0.1, 0.15) is 0 Å². The summed E-state index contributed by atoms with van der Waals surface area (Å²) in [6, 6.07) is 16.7. The summed E-state index contributed by atoms with van der Waals surface area (Å²) in [7, 11) is 0. The normalized spacial score (nSPS) is 11.3. The first-order valence-corrected chi connectivity index (χ1v) is 9.46. The van der Waals surface area contributed by atoms with Gasteiger partial charge in [-0.15, -0.1) is 0 Å². The van der Waals surface area contributed by atoms with Gasteiger partial charge in [-0.25, -0.2) is 4.99 Å². The molecule has 8 nitrogen and oxygen atoms in total. The van der Waals surface area contributed by atoms with Crippen molar-refractivity contribution in [1.82, 2.24) is 20.4 Å². The van der Waals surface area contributed by atoms with Crippen LogP contribution in [0.2, 0.25) is 0 Å². The van der Waals surface area contributed by atoms with Crippen LogP contribution in [0.3, 0.4) is 0 Å². The van der Waals surface area contributed by atoms with Gasteiger partial charge in [0.25, 0.3) is 5.69 Å². The standard InChI is InChI=1S/C21H24N6O2/c1-2-22-21(24-15-18-9-5-6-11-20(18)27(28)29)23-14-17-8-3-4-10-19(17)16-26-13-7-12-25-26/h3-13H,2,14-16H2,1H3,(H2,22,23,24). The van der Waals surface area contributed by atoms with E-state index in [1.807, 2.05) is 42.1 Å². The fourth-order valence-electron chi connectivity index (χ4n) is 2.96. The summed E-state index contributed by atoms with van der Waals surface area (Å²) in [5, 5.41) is 21.8. The number of nitrogens with one attached hydrogen (secondary N) is 2. The van der Waals surface area contributed by atoms with Crippen LogP contribution in [0, 0.1) is 10.1 Å². The largest absolute Gasteiger partial charge is 0.357 e. The molecule has 8 heteroatoms. The van der Waals surface area contributed by atoms with Crippen molar-refractivity contribution in [3.05, 3.63) is 93.8 Å². The molecule has 3 aromatic rings. The molecule has 1 heterocycles. The van der Waals surface area contributed by atoms with Gasteiger partial charge in [-0.1, -0.05) is 42.5 Å². The lowest BCUT2D eigenvalue weighted by molar-refractivity contribution is -0.385. The van der Waals surface area contributed by atoms with Crippen molar-refractivity contribution < 1.29 is 4.92 Å². The van der Waals surface area contributed by atoms with Crippen LogP contribution in [-0.4, -0.2) is 27.2 Å². The summed E-state index contributed by atoms with van der Waals surface area (Å²) in [5.74, 6) is 0.611. The molecule has 0 saturated heterocycles. The lowest BCUT2D eigenvalue weighted by atomic mass is 10.1. The number of guanidine groups is 1. The minimum atomic E-state index is -0.368. The van der Waals surface area contributed by atoms with Crippen LogP contribution in [0.25, 0.3) is 0 Å². The molecule has 0 aliphatic heterocycles. The highest BCUT2D eigenvalue weighted by atomic mass is 16.6. The van der Waals surface area contributed by atoms with E-state index in [1.54, 1.807) is 24.4 Å². The quantitative estimate of drug-likeness (QED) is 0.266. The maximum Gasteiger partial charge on any atom is 0.274 e. The molecule has 0 fully saturated rings.